The van der Waals surface area contributed by atoms with E-state index in [9.17, 15) is 18.0 Å². The van der Waals surface area contributed by atoms with Crippen LogP contribution in [0, 0.1) is 0 Å². The molecule has 0 aromatic heterocycles. The summed E-state index contributed by atoms with van der Waals surface area (Å²) in [4.78, 5) is 28.5. The average Bonchev–Trinajstić information content (AvgIpc) is 2.85. The lowest BCUT2D eigenvalue weighted by Gasteiger charge is -2.32. The molecule has 9 heteroatoms. The SMILES string of the molecule is CN(CC(=O)N(Cc1ccc(Cl)cc1)[C@H](C(=O)NCCC1=CCCCC1)c1ccccc1)S(C)(=O)=O. The summed E-state index contributed by atoms with van der Waals surface area (Å²) in [6.07, 6.45) is 8.57. The second kappa shape index (κ2) is 13.0. The maximum absolute atomic E-state index is 13.6. The number of hydrogen-bond donors (Lipinski definition) is 1. The zero-order valence-corrected chi connectivity index (χ0v) is 22.4. The van der Waals surface area contributed by atoms with Gasteiger partial charge < -0.3 is 10.2 Å². The number of benzene rings is 2. The number of carbonyl (C=O) groups excluding carboxylic acids is 2. The number of hydrogen-bond acceptors (Lipinski definition) is 4. The summed E-state index contributed by atoms with van der Waals surface area (Å²) in [5.74, 6) is -0.779. The third-order valence-electron chi connectivity index (χ3n) is 6.32. The van der Waals surface area contributed by atoms with Crippen LogP contribution in [0.4, 0.5) is 0 Å². The van der Waals surface area contributed by atoms with Crippen molar-refractivity contribution < 1.29 is 18.0 Å². The van der Waals surface area contributed by atoms with Crippen LogP contribution in [0.1, 0.15) is 49.3 Å². The Morgan fingerprint density at radius 3 is 2.36 bits per heavy atom. The Kier molecular flexibility index (Phi) is 10.1. The number of amides is 2. The quantitative estimate of drug-likeness (QED) is 0.438. The van der Waals surface area contributed by atoms with Crippen molar-refractivity contribution in [2.24, 2.45) is 0 Å². The molecule has 0 saturated carbocycles. The highest BCUT2D eigenvalue weighted by molar-refractivity contribution is 7.88. The van der Waals surface area contributed by atoms with Gasteiger partial charge in [-0.05, 0) is 55.4 Å². The summed E-state index contributed by atoms with van der Waals surface area (Å²) in [6.45, 7) is 0.210. The van der Waals surface area contributed by atoms with E-state index < -0.39 is 22.0 Å². The molecule has 1 aliphatic rings. The van der Waals surface area contributed by atoms with Gasteiger partial charge in [0.25, 0.3) is 0 Å². The van der Waals surface area contributed by atoms with Crippen molar-refractivity contribution in [1.82, 2.24) is 14.5 Å². The highest BCUT2D eigenvalue weighted by Gasteiger charge is 2.32. The average molecular weight is 532 g/mol. The molecule has 0 heterocycles. The minimum Gasteiger partial charge on any atom is -0.354 e. The summed E-state index contributed by atoms with van der Waals surface area (Å²) in [5.41, 5.74) is 2.77. The number of halogens is 1. The predicted octanol–water partition coefficient (Wildman–Crippen LogP) is 4.31. The van der Waals surface area contributed by atoms with Crippen LogP contribution in [0.2, 0.25) is 5.02 Å². The van der Waals surface area contributed by atoms with E-state index in [1.54, 1.807) is 36.4 Å². The highest BCUT2D eigenvalue weighted by Crippen LogP contribution is 2.25. The Hall–Kier alpha value is -2.68. The Balaban J connectivity index is 1.89. The first kappa shape index (κ1) is 27.9. The van der Waals surface area contributed by atoms with E-state index in [0.29, 0.717) is 17.1 Å². The monoisotopic (exact) mass is 531 g/mol. The summed E-state index contributed by atoms with van der Waals surface area (Å²) in [6, 6.07) is 15.2. The van der Waals surface area contributed by atoms with Gasteiger partial charge in [-0.3, -0.25) is 9.59 Å². The number of sulfonamides is 1. The molecular weight excluding hydrogens is 498 g/mol. The molecule has 0 saturated heterocycles. The van der Waals surface area contributed by atoms with E-state index >= 15 is 0 Å². The fraction of sp³-hybridized carbons (Fsp3) is 0.407. The van der Waals surface area contributed by atoms with Gasteiger partial charge in [0.1, 0.15) is 6.04 Å². The van der Waals surface area contributed by atoms with Gasteiger partial charge in [-0.25, -0.2) is 8.42 Å². The topological polar surface area (TPSA) is 86.8 Å². The van der Waals surface area contributed by atoms with Crippen molar-refractivity contribution >= 4 is 33.4 Å². The molecule has 0 aliphatic heterocycles. The zero-order valence-electron chi connectivity index (χ0n) is 20.8. The van der Waals surface area contributed by atoms with Crippen LogP contribution in [0.15, 0.2) is 66.2 Å². The Bertz CT molecular complexity index is 1170. The van der Waals surface area contributed by atoms with E-state index in [1.165, 1.54) is 30.4 Å². The summed E-state index contributed by atoms with van der Waals surface area (Å²) < 4.78 is 25.0. The first-order chi connectivity index (χ1) is 17.1. The van der Waals surface area contributed by atoms with Crippen LogP contribution < -0.4 is 5.32 Å². The first-order valence-electron chi connectivity index (χ1n) is 12.1. The van der Waals surface area contributed by atoms with E-state index in [2.05, 4.69) is 11.4 Å². The van der Waals surface area contributed by atoms with Gasteiger partial charge in [-0.2, -0.15) is 4.31 Å². The lowest BCUT2D eigenvalue weighted by Crippen LogP contribution is -2.47. The zero-order chi connectivity index (χ0) is 26.1. The second-order valence-corrected chi connectivity index (χ2v) is 11.7. The van der Waals surface area contributed by atoms with E-state index in [1.807, 2.05) is 18.2 Å². The van der Waals surface area contributed by atoms with Crippen LogP contribution in [0.3, 0.4) is 0 Å². The molecule has 7 nitrogen and oxygen atoms in total. The summed E-state index contributed by atoms with van der Waals surface area (Å²) in [5, 5.41) is 3.57. The van der Waals surface area contributed by atoms with Crippen LogP contribution in [0.5, 0.6) is 0 Å². The van der Waals surface area contributed by atoms with E-state index in [0.717, 1.165) is 35.4 Å². The van der Waals surface area contributed by atoms with Crippen molar-refractivity contribution in [1.29, 1.82) is 0 Å². The maximum atomic E-state index is 13.6. The Morgan fingerprint density at radius 1 is 1.06 bits per heavy atom. The van der Waals surface area contributed by atoms with Crippen molar-refractivity contribution in [3.8, 4) is 0 Å². The molecule has 0 unspecified atom stereocenters. The number of likely N-dealkylation sites (N-methyl/N-ethyl adjacent to an activating group) is 1. The molecule has 3 rings (SSSR count). The fourth-order valence-electron chi connectivity index (χ4n) is 4.19. The van der Waals surface area contributed by atoms with Crippen LogP contribution in [-0.2, 0) is 26.2 Å². The van der Waals surface area contributed by atoms with Gasteiger partial charge in [0.15, 0.2) is 0 Å². The minimum absolute atomic E-state index is 0.117. The lowest BCUT2D eigenvalue weighted by atomic mass is 9.97. The highest BCUT2D eigenvalue weighted by atomic mass is 35.5. The summed E-state index contributed by atoms with van der Waals surface area (Å²) >= 11 is 6.04. The molecule has 194 valence electrons. The number of nitrogens with one attached hydrogen (secondary N) is 1. The molecule has 2 aromatic carbocycles. The summed E-state index contributed by atoms with van der Waals surface area (Å²) in [7, 11) is -2.24. The maximum Gasteiger partial charge on any atom is 0.247 e. The standard InChI is InChI=1S/C27H34ClN3O4S/c1-30(36(2,34)35)20-25(32)31(19-22-13-15-24(28)16-14-22)26(23-11-7-4-8-12-23)27(33)29-18-17-21-9-5-3-6-10-21/h4,7-9,11-16,26H,3,5-6,10,17-20H2,1-2H3,(H,29,33)/t26-/m0/s1. The van der Waals surface area contributed by atoms with Gasteiger partial charge in [0.05, 0.1) is 12.8 Å². The van der Waals surface area contributed by atoms with Crippen LogP contribution in [0.25, 0.3) is 0 Å². The molecule has 1 aliphatic carbocycles. The number of nitrogens with zero attached hydrogens (tertiary/aromatic N) is 2. The van der Waals surface area contributed by atoms with Gasteiger partial charge in [-0.15, -0.1) is 0 Å². The molecule has 2 aromatic rings. The molecule has 0 bridgehead atoms. The minimum atomic E-state index is -3.59. The second-order valence-electron chi connectivity index (χ2n) is 9.13. The number of carbonyl (C=O) groups is 2. The smallest absolute Gasteiger partial charge is 0.247 e. The fourth-order valence-corrected chi connectivity index (χ4v) is 4.66. The largest absolute Gasteiger partial charge is 0.354 e. The van der Waals surface area contributed by atoms with Gasteiger partial charge in [-0.1, -0.05) is 65.7 Å². The Morgan fingerprint density at radius 2 is 1.75 bits per heavy atom. The normalized spacial score (nSPS) is 14.7. The van der Waals surface area contributed by atoms with Gasteiger partial charge in [0, 0.05) is 25.2 Å². The molecule has 1 N–H and O–H groups in total. The van der Waals surface area contributed by atoms with Crippen LogP contribution >= 0.6 is 11.6 Å². The van der Waals surface area contributed by atoms with Crippen LogP contribution in [-0.4, -0.2) is 55.8 Å². The molecule has 0 radical (unpaired) electrons. The van der Waals surface area contributed by atoms with Crippen molar-refractivity contribution in [2.75, 3.05) is 26.4 Å². The van der Waals surface area contributed by atoms with Gasteiger partial charge in [0.2, 0.25) is 21.8 Å². The first-order valence-corrected chi connectivity index (χ1v) is 14.3. The molecule has 1 atom stereocenters. The van der Waals surface area contributed by atoms with E-state index in [4.69, 9.17) is 11.6 Å². The molecule has 0 spiro atoms. The van der Waals surface area contributed by atoms with Crippen molar-refractivity contribution in [3.05, 3.63) is 82.4 Å². The number of rotatable bonds is 11. The molecule has 0 fully saturated rings. The lowest BCUT2D eigenvalue weighted by molar-refractivity contribution is -0.141. The van der Waals surface area contributed by atoms with Gasteiger partial charge >= 0.3 is 0 Å². The molecule has 36 heavy (non-hydrogen) atoms. The third-order valence-corrected chi connectivity index (χ3v) is 7.83. The predicted molar refractivity (Wildman–Crippen MR) is 143 cm³/mol. The molecule has 2 amide bonds. The van der Waals surface area contributed by atoms with E-state index in [-0.39, 0.29) is 19.0 Å². The van der Waals surface area contributed by atoms with Crippen molar-refractivity contribution in [2.45, 2.75) is 44.7 Å². The molecular formula is C27H34ClN3O4S. The third kappa shape index (κ3) is 8.18. The van der Waals surface area contributed by atoms with Crippen molar-refractivity contribution in [3.63, 3.8) is 0 Å². The number of allylic oxidation sites excluding steroid dienone is 1. The Labute approximate surface area is 219 Å².